The molecule has 2 amide bonds. The number of phenolic OH excluding ortho intramolecular Hbond substituents is 1. The number of ether oxygens (including phenoxy) is 1. The lowest BCUT2D eigenvalue weighted by Crippen LogP contribution is -2.41. The lowest BCUT2D eigenvalue weighted by atomic mass is 10.2. The van der Waals surface area contributed by atoms with Crippen LogP contribution >= 0.6 is 0 Å². The molecule has 3 rings (SSSR count). The first-order chi connectivity index (χ1) is 12.6. The Labute approximate surface area is 149 Å². The van der Waals surface area contributed by atoms with Gasteiger partial charge < -0.3 is 14.3 Å². The molecule has 7 heteroatoms. The standard InChI is InChI=1S/C19H16N2O5/c22-16-9-5-4-8-15(16)18(23)20-21-19(24)17-11-10-14(26-17)12-25-13-6-2-1-3-7-13/h1-11,22H,12H2,(H,20,23)(H,21,24). The van der Waals surface area contributed by atoms with Crippen LogP contribution in [0.15, 0.2) is 71.1 Å². The SMILES string of the molecule is O=C(NNC(=O)c1ccccc1O)c1ccc(COc2ccccc2)o1. The molecular weight excluding hydrogens is 336 g/mol. The van der Waals surface area contributed by atoms with Crippen molar-refractivity contribution in [2.24, 2.45) is 0 Å². The summed E-state index contributed by atoms with van der Waals surface area (Å²) >= 11 is 0. The van der Waals surface area contributed by atoms with Crippen molar-refractivity contribution in [3.8, 4) is 11.5 Å². The maximum Gasteiger partial charge on any atom is 0.305 e. The van der Waals surface area contributed by atoms with E-state index in [4.69, 9.17) is 9.15 Å². The van der Waals surface area contributed by atoms with Crippen LogP contribution in [0.25, 0.3) is 0 Å². The van der Waals surface area contributed by atoms with E-state index in [-0.39, 0.29) is 23.7 Å². The fourth-order valence-corrected chi connectivity index (χ4v) is 2.16. The van der Waals surface area contributed by atoms with E-state index in [0.717, 1.165) is 0 Å². The second kappa shape index (κ2) is 7.89. The summed E-state index contributed by atoms with van der Waals surface area (Å²) in [6.07, 6.45) is 0. The molecule has 0 aliphatic heterocycles. The van der Waals surface area contributed by atoms with E-state index in [9.17, 15) is 14.7 Å². The van der Waals surface area contributed by atoms with Gasteiger partial charge in [0.1, 0.15) is 23.9 Å². The molecule has 0 saturated carbocycles. The van der Waals surface area contributed by atoms with E-state index >= 15 is 0 Å². The van der Waals surface area contributed by atoms with Crippen LogP contribution in [0, 0.1) is 0 Å². The molecule has 1 heterocycles. The molecule has 26 heavy (non-hydrogen) atoms. The van der Waals surface area contributed by atoms with Gasteiger partial charge in [-0.05, 0) is 36.4 Å². The molecule has 0 unspecified atom stereocenters. The number of carbonyl (C=O) groups excluding carboxylic acids is 2. The number of nitrogens with one attached hydrogen (secondary N) is 2. The van der Waals surface area contributed by atoms with Gasteiger partial charge in [0.2, 0.25) is 0 Å². The number of hydrogen-bond donors (Lipinski definition) is 3. The van der Waals surface area contributed by atoms with Crippen molar-refractivity contribution in [2.75, 3.05) is 0 Å². The maximum absolute atomic E-state index is 12.0. The molecule has 2 aromatic carbocycles. The molecule has 0 bridgehead atoms. The number of hydrazine groups is 1. The zero-order valence-corrected chi connectivity index (χ0v) is 13.6. The third-order valence-electron chi connectivity index (χ3n) is 3.45. The third kappa shape index (κ3) is 4.21. The summed E-state index contributed by atoms with van der Waals surface area (Å²) in [6.45, 7) is 0.168. The Kier molecular flexibility index (Phi) is 5.19. The van der Waals surface area contributed by atoms with Crippen LogP contribution in [0.2, 0.25) is 0 Å². The molecule has 0 aliphatic carbocycles. The van der Waals surface area contributed by atoms with E-state index < -0.39 is 11.8 Å². The Bertz CT molecular complexity index is 905. The Morgan fingerprint density at radius 3 is 2.35 bits per heavy atom. The van der Waals surface area contributed by atoms with Crippen molar-refractivity contribution in [1.82, 2.24) is 10.9 Å². The second-order valence-corrected chi connectivity index (χ2v) is 5.29. The van der Waals surface area contributed by atoms with Gasteiger partial charge in [-0.2, -0.15) is 0 Å². The fourth-order valence-electron chi connectivity index (χ4n) is 2.16. The molecule has 0 atom stereocenters. The summed E-state index contributed by atoms with van der Waals surface area (Å²) in [5.74, 6) is -0.280. The topological polar surface area (TPSA) is 101 Å². The van der Waals surface area contributed by atoms with Crippen LogP contribution in [-0.4, -0.2) is 16.9 Å². The highest BCUT2D eigenvalue weighted by Crippen LogP contribution is 2.15. The molecular formula is C19H16N2O5. The van der Waals surface area contributed by atoms with Crippen LogP contribution in [0.5, 0.6) is 11.5 Å². The van der Waals surface area contributed by atoms with Crippen LogP contribution in [0.1, 0.15) is 26.7 Å². The molecule has 3 N–H and O–H groups in total. The molecule has 7 nitrogen and oxygen atoms in total. The Morgan fingerprint density at radius 2 is 1.58 bits per heavy atom. The van der Waals surface area contributed by atoms with Crippen LogP contribution < -0.4 is 15.6 Å². The van der Waals surface area contributed by atoms with Gasteiger partial charge in [-0.25, -0.2) is 0 Å². The third-order valence-corrected chi connectivity index (χ3v) is 3.45. The van der Waals surface area contributed by atoms with Gasteiger partial charge in [0, 0.05) is 0 Å². The lowest BCUT2D eigenvalue weighted by Gasteiger charge is -2.07. The number of amides is 2. The zero-order valence-electron chi connectivity index (χ0n) is 13.6. The summed E-state index contributed by atoms with van der Waals surface area (Å²) in [4.78, 5) is 24.0. The molecule has 0 spiro atoms. The average Bonchev–Trinajstić information content (AvgIpc) is 3.14. The number of aromatic hydroxyl groups is 1. The predicted octanol–water partition coefficient (Wildman–Crippen LogP) is 2.64. The number of hydrogen-bond acceptors (Lipinski definition) is 5. The van der Waals surface area contributed by atoms with Crippen molar-refractivity contribution >= 4 is 11.8 Å². The highest BCUT2D eigenvalue weighted by atomic mass is 16.5. The molecule has 0 aliphatic rings. The van der Waals surface area contributed by atoms with Crippen molar-refractivity contribution in [2.45, 2.75) is 6.61 Å². The van der Waals surface area contributed by atoms with Crippen molar-refractivity contribution in [3.05, 3.63) is 83.8 Å². The van der Waals surface area contributed by atoms with Crippen LogP contribution in [-0.2, 0) is 6.61 Å². The largest absolute Gasteiger partial charge is 0.507 e. The number of phenols is 1. The molecule has 3 aromatic rings. The monoisotopic (exact) mass is 352 g/mol. The normalized spacial score (nSPS) is 10.2. The summed E-state index contributed by atoms with van der Waals surface area (Å²) in [5, 5.41) is 9.61. The van der Waals surface area contributed by atoms with Gasteiger partial charge in [0.25, 0.3) is 5.91 Å². The van der Waals surface area contributed by atoms with Crippen molar-refractivity contribution < 1.29 is 23.8 Å². The van der Waals surface area contributed by atoms with E-state index in [0.29, 0.717) is 11.5 Å². The smallest absolute Gasteiger partial charge is 0.305 e. The first-order valence-electron chi connectivity index (χ1n) is 7.79. The minimum absolute atomic E-state index is 0.0224. The average molecular weight is 352 g/mol. The van der Waals surface area contributed by atoms with Gasteiger partial charge in [-0.1, -0.05) is 30.3 Å². The predicted molar refractivity (Wildman–Crippen MR) is 92.5 cm³/mol. The summed E-state index contributed by atoms with van der Waals surface area (Å²) in [5.41, 5.74) is 4.49. The highest BCUT2D eigenvalue weighted by molar-refractivity contribution is 5.99. The lowest BCUT2D eigenvalue weighted by molar-refractivity contribution is 0.0827. The zero-order chi connectivity index (χ0) is 18.4. The molecule has 1 aromatic heterocycles. The van der Waals surface area contributed by atoms with Crippen LogP contribution in [0.4, 0.5) is 0 Å². The summed E-state index contributed by atoms with van der Waals surface area (Å²) < 4.78 is 10.9. The number of carbonyl (C=O) groups is 2. The first kappa shape index (κ1) is 17.1. The van der Waals surface area contributed by atoms with Gasteiger partial charge in [0.15, 0.2) is 5.76 Å². The number of furan rings is 1. The number of para-hydroxylation sites is 2. The summed E-state index contributed by atoms with van der Waals surface area (Å²) in [7, 11) is 0. The molecule has 0 radical (unpaired) electrons. The van der Waals surface area contributed by atoms with Gasteiger partial charge in [0.05, 0.1) is 5.56 Å². The van der Waals surface area contributed by atoms with Gasteiger partial charge in [-0.15, -0.1) is 0 Å². The van der Waals surface area contributed by atoms with E-state index in [2.05, 4.69) is 10.9 Å². The van der Waals surface area contributed by atoms with E-state index in [1.54, 1.807) is 18.2 Å². The first-order valence-corrected chi connectivity index (χ1v) is 7.79. The minimum Gasteiger partial charge on any atom is -0.507 e. The number of benzene rings is 2. The fraction of sp³-hybridized carbons (Fsp3) is 0.0526. The highest BCUT2D eigenvalue weighted by Gasteiger charge is 2.14. The van der Waals surface area contributed by atoms with E-state index in [1.165, 1.54) is 18.2 Å². The number of rotatable bonds is 5. The van der Waals surface area contributed by atoms with Crippen molar-refractivity contribution in [1.29, 1.82) is 0 Å². The van der Waals surface area contributed by atoms with E-state index in [1.807, 2.05) is 30.3 Å². The van der Waals surface area contributed by atoms with Gasteiger partial charge >= 0.3 is 5.91 Å². The molecule has 0 fully saturated rings. The molecule has 0 saturated heterocycles. The quantitative estimate of drug-likeness (QED) is 0.613. The Balaban J connectivity index is 1.53. The van der Waals surface area contributed by atoms with Crippen molar-refractivity contribution in [3.63, 3.8) is 0 Å². The Morgan fingerprint density at radius 1 is 0.885 bits per heavy atom. The summed E-state index contributed by atoms with van der Waals surface area (Å²) in [6, 6.07) is 18.3. The second-order valence-electron chi connectivity index (χ2n) is 5.29. The van der Waals surface area contributed by atoms with Crippen LogP contribution in [0.3, 0.4) is 0 Å². The Hall–Kier alpha value is -3.74. The maximum atomic E-state index is 12.0. The minimum atomic E-state index is -0.643. The van der Waals surface area contributed by atoms with Gasteiger partial charge in [-0.3, -0.25) is 20.4 Å². The molecule has 132 valence electrons.